The monoisotopic (exact) mass is 461 g/mol. The number of nitrogens with one attached hydrogen (secondary N) is 1. The predicted octanol–water partition coefficient (Wildman–Crippen LogP) is 4.45. The number of carbonyl (C=O) groups excluding carboxylic acids is 1. The number of hydrogen-bond acceptors (Lipinski definition) is 5. The first-order chi connectivity index (χ1) is 16.0. The summed E-state index contributed by atoms with van der Waals surface area (Å²) in [5.74, 6) is 1.15. The minimum absolute atomic E-state index is 0.0483. The van der Waals surface area contributed by atoms with Gasteiger partial charge in [0.1, 0.15) is 0 Å². The number of benzene rings is 2. The Hall–Kier alpha value is -3.10. The van der Waals surface area contributed by atoms with Crippen LogP contribution in [0.25, 0.3) is 28.0 Å². The van der Waals surface area contributed by atoms with Gasteiger partial charge in [0, 0.05) is 41.4 Å². The van der Waals surface area contributed by atoms with Gasteiger partial charge >= 0.3 is 0 Å². The van der Waals surface area contributed by atoms with E-state index in [9.17, 15) is 4.79 Å². The first-order valence-corrected chi connectivity index (χ1v) is 12.1. The van der Waals surface area contributed by atoms with Crippen LogP contribution in [0.15, 0.2) is 59.9 Å². The van der Waals surface area contributed by atoms with Gasteiger partial charge in [0.2, 0.25) is 5.91 Å². The number of carbonyl (C=O) groups is 1. The third kappa shape index (κ3) is 4.41. The Morgan fingerprint density at radius 2 is 1.91 bits per heavy atom. The summed E-state index contributed by atoms with van der Waals surface area (Å²) in [4.78, 5) is 18.2. The summed E-state index contributed by atoms with van der Waals surface area (Å²) < 4.78 is 7.81. The Balaban J connectivity index is 1.48. The summed E-state index contributed by atoms with van der Waals surface area (Å²) in [5.41, 5.74) is 4.15. The Morgan fingerprint density at radius 1 is 1.12 bits per heavy atom. The van der Waals surface area contributed by atoms with Crippen LogP contribution in [0.5, 0.6) is 0 Å². The van der Waals surface area contributed by atoms with Gasteiger partial charge in [0.15, 0.2) is 11.0 Å². The molecule has 1 amide bonds. The van der Waals surface area contributed by atoms with Crippen LogP contribution in [0, 0.1) is 6.92 Å². The molecule has 1 saturated heterocycles. The minimum Gasteiger partial charge on any atom is -0.372 e. The standard InChI is InChI=1S/C25H27N5O2S/c1-16-7-6-8-19(11-16)30-24(21-12-26-22-10-5-4-9-20(21)22)27-28-25(30)33-15-23(31)29-13-17(2)32-18(3)14-29/h4-12,17-18,26H,13-15H2,1-3H3. The first-order valence-electron chi connectivity index (χ1n) is 11.1. The summed E-state index contributed by atoms with van der Waals surface area (Å²) in [6.45, 7) is 7.32. The van der Waals surface area contributed by atoms with Crippen LogP contribution < -0.4 is 0 Å². The molecule has 0 saturated carbocycles. The number of nitrogens with zero attached hydrogens (tertiary/aromatic N) is 4. The second-order valence-electron chi connectivity index (χ2n) is 8.57. The van der Waals surface area contributed by atoms with Crippen molar-refractivity contribution in [2.75, 3.05) is 18.8 Å². The molecule has 3 heterocycles. The Morgan fingerprint density at radius 3 is 2.70 bits per heavy atom. The molecule has 2 aromatic carbocycles. The van der Waals surface area contributed by atoms with Crippen LogP contribution in [0.4, 0.5) is 0 Å². The molecule has 1 fully saturated rings. The lowest BCUT2D eigenvalue weighted by atomic mass is 10.1. The van der Waals surface area contributed by atoms with E-state index in [-0.39, 0.29) is 18.1 Å². The lowest BCUT2D eigenvalue weighted by molar-refractivity contribution is -0.140. The number of ether oxygens (including phenoxy) is 1. The summed E-state index contributed by atoms with van der Waals surface area (Å²) in [7, 11) is 0. The molecule has 5 rings (SSSR count). The highest BCUT2D eigenvalue weighted by Crippen LogP contribution is 2.32. The fourth-order valence-corrected chi connectivity index (χ4v) is 5.25. The molecule has 1 aliphatic rings. The summed E-state index contributed by atoms with van der Waals surface area (Å²) in [6, 6.07) is 16.4. The van der Waals surface area contributed by atoms with Crippen molar-refractivity contribution < 1.29 is 9.53 Å². The molecule has 170 valence electrons. The number of hydrogen-bond donors (Lipinski definition) is 1. The Labute approximate surface area is 197 Å². The van der Waals surface area contributed by atoms with E-state index in [4.69, 9.17) is 4.74 Å². The van der Waals surface area contributed by atoms with Gasteiger partial charge in [-0.25, -0.2) is 0 Å². The van der Waals surface area contributed by atoms with E-state index in [1.165, 1.54) is 11.8 Å². The van der Waals surface area contributed by atoms with Gasteiger partial charge in [-0.3, -0.25) is 9.36 Å². The summed E-state index contributed by atoms with van der Waals surface area (Å²) in [5, 5.41) is 10.8. The molecule has 2 aromatic heterocycles. The number of para-hydroxylation sites is 1. The van der Waals surface area contributed by atoms with Gasteiger partial charge in [-0.2, -0.15) is 0 Å². The van der Waals surface area contributed by atoms with Gasteiger partial charge in [-0.15, -0.1) is 10.2 Å². The van der Waals surface area contributed by atoms with Gasteiger partial charge < -0.3 is 14.6 Å². The van der Waals surface area contributed by atoms with E-state index in [1.807, 2.05) is 59.8 Å². The van der Waals surface area contributed by atoms with E-state index >= 15 is 0 Å². The van der Waals surface area contributed by atoms with Gasteiger partial charge in [0.05, 0.1) is 18.0 Å². The molecule has 2 unspecified atom stereocenters. The smallest absolute Gasteiger partial charge is 0.233 e. The highest BCUT2D eigenvalue weighted by Gasteiger charge is 2.27. The van der Waals surface area contributed by atoms with Crippen molar-refractivity contribution in [1.82, 2.24) is 24.6 Å². The van der Waals surface area contributed by atoms with Crippen LogP contribution in [0.3, 0.4) is 0 Å². The average Bonchev–Trinajstić information content (AvgIpc) is 3.40. The number of amides is 1. The number of morpholine rings is 1. The van der Waals surface area contributed by atoms with Crippen LogP contribution in [0.1, 0.15) is 19.4 Å². The quantitative estimate of drug-likeness (QED) is 0.445. The van der Waals surface area contributed by atoms with E-state index in [1.54, 1.807) is 0 Å². The van der Waals surface area contributed by atoms with E-state index in [0.717, 1.165) is 33.5 Å². The number of aromatic amines is 1. The third-order valence-corrected chi connectivity index (χ3v) is 6.73. The van der Waals surface area contributed by atoms with Crippen LogP contribution in [0.2, 0.25) is 0 Å². The molecule has 0 bridgehead atoms. The normalized spacial score (nSPS) is 18.7. The number of aryl methyl sites for hydroxylation is 1. The van der Waals surface area contributed by atoms with Crippen LogP contribution in [-0.4, -0.2) is 61.6 Å². The zero-order chi connectivity index (χ0) is 22.9. The van der Waals surface area contributed by atoms with E-state index < -0.39 is 0 Å². The van der Waals surface area contributed by atoms with Crippen LogP contribution in [-0.2, 0) is 9.53 Å². The van der Waals surface area contributed by atoms with Crippen molar-refractivity contribution in [3.8, 4) is 17.1 Å². The molecular formula is C25H27N5O2S. The topological polar surface area (TPSA) is 76.0 Å². The Kier molecular flexibility index (Phi) is 5.95. The number of H-pyrrole nitrogens is 1. The van der Waals surface area contributed by atoms with Crippen molar-refractivity contribution in [3.63, 3.8) is 0 Å². The fraction of sp³-hybridized carbons (Fsp3) is 0.320. The van der Waals surface area contributed by atoms with Gasteiger partial charge in [-0.1, -0.05) is 42.1 Å². The summed E-state index contributed by atoms with van der Waals surface area (Å²) >= 11 is 1.42. The second-order valence-corrected chi connectivity index (χ2v) is 9.52. The maximum absolute atomic E-state index is 13.0. The number of fused-ring (bicyclic) bond motifs is 1. The zero-order valence-electron chi connectivity index (χ0n) is 19.0. The molecule has 1 N–H and O–H groups in total. The van der Waals surface area contributed by atoms with Crippen molar-refractivity contribution in [2.24, 2.45) is 0 Å². The lowest BCUT2D eigenvalue weighted by Gasteiger charge is -2.35. The molecule has 0 radical (unpaired) electrons. The first kappa shape index (κ1) is 21.7. The molecule has 0 aliphatic carbocycles. The maximum atomic E-state index is 13.0. The molecule has 2 atom stereocenters. The minimum atomic E-state index is 0.0483. The maximum Gasteiger partial charge on any atom is 0.233 e. The van der Waals surface area contributed by atoms with Crippen molar-refractivity contribution in [3.05, 3.63) is 60.3 Å². The molecule has 4 aromatic rings. The molecule has 7 nitrogen and oxygen atoms in total. The number of aromatic nitrogens is 4. The Bertz CT molecular complexity index is 1290. The van der Waals surface area contributed by atoms with Gasteiger partial charge in [0.25, 0.3) is 0 Å². The fourth-order valence-electron chi connectivity index (χ4n) is 4.39. The van der Waals surface area contributed by atoms with Gasteiger partial charge in [-0.05, 0) is 44.5 Å². The zero-order valence-corrected chi connectivity index (χ0v) is 19.8. The highest BCUT2D eigenvalue weighted by atomic mass is 32.2. The molecule has 33 heavy (non-hydrogen) atoms. The van der Waals surface area contributed by atoms with E-state index in [0.29, 0.717) is 24.0 Å². The van der Waals surface area contributed by atoms with Crippen molar-refractivity contribution in [1.29, 1.82) is 0 Å². The summed E-state index contributed by atoms with van der Waals surface area (Å²) in [6.07, 6.45) is 2.07. The van der Waals surface area contributed by atoms with Crippen LogP contribution >= 0.6 is 11.8 Å². The average molecular weight is 462 g/mol. The molecular weight excluding hydrogens is 434 g/mol. The largest absolute Gasteiger partial charge is 0.372 e. The SMILES string of the molecule is Cc1cccc(-n2c(SCC(=O)N3CC(C)OC(C)C3)nnc2-c2c[nH]c3ccccc23)c1. The lowest BCUT2D eigenvalue weighted by Crippen LogP contribution is -2.48. The molecule has 8 heteroatoms. The highest BCUT2D eigenvalue weighted by molar-refractivity contribution is 7.99. The number of rotatable bonds is 5. The molecule has 0 spiro atoms. The predicted molar refractivity (Wildman–Crippen MR) is 131 cm³/mol. The van der Waals surface area contributed by atoms with Crippen molar-refractivity contribution >= 4 is 28.6 Å². The number of thioether (sulfide) groups is 1. The van der Waals surface area contributed by atoms with Crippen molar-refractivity contribution in [2.45, 2.75) is 38.1 Å². The second kappa shape index (κ2) is 9.03. The third-order valence-electron chi connectivity index (χ3n) is 5.82. The van der Waals surface area contributed by atoms with E-state index in [2.05, 4.69) is 40.3 Å². The molecule has 1 aliphatic heterocycles.